The molecule has 126 valence electrons. The molecule has 0 aromatic carbocycles. The molecule has 1 aliphatic rings. The van der Waals surface area contributed by atoms with E-state index < -0.39 is 23.7 Å². The van der Waals surface area contributed by atoms with Gasteiger partial charge in [0.1, 0.15) is 11.6 Å². The maximum atomic E-state index is 12.1. The Hall–Kier alpha value is -1.79. The first-order valence-electron chi connectivity index (χ1n) is 7.60. The number of hydrogen-bond donors (Lipinski definition) is 3. The number of carboxylic acid groups (broad SMARTS) is 1. The van der Waals surface area contributed by atoms with Gasteiger partial charge in [-0.1, -0.05) is 6.42 Å². The number of rotatable bonds is 5. The average molecular weight is 314 g/mol. The Kier molecular flexibility index (Phi) is 6.20. The molecule has 0 unspecified atom stereocenters. The lowest BCUT2D eigenvalue weighted by Gasteiger charge is -2.23. The van der Waals surface area contributed by atoms with Crippen LogP contribution in [0.2, 0.25) is 0 Å². The zero-order valence-electron chi connectivity index (χ0n) is 13.6. The third kappa shape index (κ3) is 5.91. The monoisotopic (exact) mass is 314 g/mol. The number of carbonyl (C=O) groups is 3. The fraction of sp³-hybridized carbons (Fsp3) is 0.800. The predicted octanol–water partition coefficient (Wildman–Crippen LogP) is 1.52. The highest BCUT2D eigenvalue weighted by atomic mass is 16.6. The number of ether oxygens (including phenoxy) is 1. The summed E-state index contributed by atoms with van der Waals surface area (Å²) in [5.74, 6) is -1.58. The Bertz CT molecular complexity index is 430. The predicted molar refractivity (Wildman–Crippen MR) is 80.3 cm³/mol. The van der Waals surface area contributed by atoms with Crippen molar-refractivity contribution in [1.29, 1.82) is 0 Å². The van der Waals surface area contributed by atoms with E-state index in [9.17, 15) is 14.4 Å². The van der Waals surface area contributed by atoms with Gasteiger partial charge in [0.15, 0.2) is 0 Å². The van der Waals surface area contributed by atoms with Crippen molar-refractivity contribution in [2.75, 3.05) is 6.54 Å². The molecule has 0 aromatic heterocycles. The van der Waals surface area contributed by atoms with E-state index in [-0.39, 0.29) is 17.7 Å². The van der Waals surface area contributed by atoms with Gasteiger partial charge >= 0.3 is 12.1 Å². The molecule has 0 aromatic rings. The van der Waals surface area contributed by atoms with E-state index in [1.54, 1.807) is 20.8 Å². The minimum absolute atomic E-state index is 0.00788. The Morgan fingerprint density at radius 3 is 2.45 bits per heavy atom. The van der Waals surface area contributed by atoms with Crippen LogP contribution in [0.25, 0.3) is 0 Å². The van der Waals surface area contributed by atoms with Crippen LogP contribution in [0.4, 0.5) is 4.79 Å². The minimum Gasteiger partial charge on any atom is -0.480 e. The van der Waals surface area contributed by atoms with Gasteiger partial charge in [-0.2, -0.15) is 0 Å². The van der Waals surface area contributed by atoms with Crippen LogP contribution in [-0.2, 0) is 14.3 Å². The van der Waals surface area contributed by atoms with Crippen molar-refractivity contribution in [3.8, 4) is 0 Å². The summed E-state index contributed by atoms with van der Waals surface area (Å²) < 4.78 is 5.16. The van der Waals surface area contributed by atoms with Gasteiger partial charge in [0, 0.05) is 12.5 Å². The summed E-state index contributed by atoms with van der Waals surface area (Å²) >= 11 is 0. The average Bonchev–Trinajstić information content (AvgIpc) is 2.82. The van der Waals surface area contributed by atoms with Gasteiger partial charge in [-0.3, -0.25) is 9.59 Å². The molecule has 0 bridgehead atoms. The summed E-state index contributed by atoms with van der Waals surface area (Å²) in [4.78, 5) is 34.6. The number of alkyl carbamates (subject to hydrolysis) is 1. The lowest BCUT2D eigenvalue weighted by atomic mass is 9.95. The smallest absolute Gasteiger partial charge is 0.407 e. The Morgan fingerprint density at radius 1 is 1.27 bits per heavy atom. The molecule has 0 spiro atoms. The fourth-order valence-electron chi connectivity index (χ4n) is 2.54. The van der Waals surface area contributed by atoms with Gasteiger partial charge in [-0.25, -0.2) is 4.79 Å². The molecule has 1 aliphatic carbocycles. The van der Waals surface area contributed by atoms with E-state index in [1.165, 1.54) is 6.92 Å². The van der Waals surface area contributed by atoms with Gasteiger partial charge < -0.3 is 20.5 Å². The van der Waals surface area contributed by atoms with Gasteiger partial charge in [-0.05, 0) is 46.5 Å². The van der Waals surface area contributed by atoms with Crippen molar-refractivity contribution in [2.24, 2.45) is 11.8 Å². The van der Waals surface area contributed by atoms with Crippen LogP contribution in [0.1, 0.15) is 47.0 Å². The van der Waals surface area contributed by atoms with Crippen LogP contribution < -0.4 is 10.6 Å². The van der Waals surface area contributed by atoms with Crippen molar-refractivity contribution < 1.29 is 24.2 Å². The molecule has 1 fully saturated rings. The number of carboxylic acids is 1. The van der Waals surface area contributed by atoms with E-state index in [0.717, 1.165) is 12.8 Å². The van der Waals surface area contributed by atoms with E-state index in [1.807, 2.05) is 0 Å². The fourth-order valence-corrected chi connectivity index (χ4v) is 2.54. The van der Waals surface area contributed by atoms with Crippen molar-refractivity contribution in [3.05, 3.63) is 0 Å². The minimum atomic E-state index is -1.06. The highest BCUT2D eigenvalue weighted by Gasteiger charge is 2.34. The van der Waals surface area contributed by atoms with Crippen LogP contribution in [0.3, 0.4) is 0 Å². The molecular formula is C15H26N2O5. The van der Waals surface area contributed by atoms with Crippen LogP contribution in [0.5, 0.6) is 0 Å². The molecular weight excluding hydrogens is 288 g/mol. The second kappa shape index (κ2) is 7.47. The second-order valence-corrected chi connectivity index (χ2v) is 6.75. The zero-order chi connectivity index (χ0) is 16.9. The van der Waals surface area contributed by atoms with Crippen molar-refractivity contribution in [3.63, 3.8) is 0 Å². The molecule has 3 atom stereocenters. The van der Waals surface area contributed by atoms with Crippen molar-refractivity contribution in [2.45, 2.75) is 58.6 Å². The molecule has 1 saturated carbocycles. The Labute approximate surface area is 130 Å². The summed E-state index contributed by atoms with van der Waals surface area (Å²) in [6.07, 6.45) is 1.92. The molecule has 7 heteroatoms. The van der Waals surface area contributed by atoms with Gasteiger partial charge in [-0.15, -0.1) is 0 Å². The number of nitrogens with one attached hydrogen (secondary N) is 2. The first-order valence-corrected chi connectivity index (χ1v) is 7.60. The van der Waals surface area contributed by atoms with Crippen LogP contribution in [0.15, 0.2) is 0 Å². The summed E-state index contributed by atoms with van der Waals surface area (Å²) in [5, 5.41) is 14.0. The third-order valence-corrected chi connectivity index (χ3v) is 3.63. The van der Waals surface area contributed by atoms with Gasteiger partial charge in [0.25, 0.3) is 0 Å². The summed E-state index contributed by atoms with van der Waals surface area (Å²) in [7, 11) is 0. The highest BCUT2D eigenvalue weighted by Crippen LogP contribution is 2.31. The molecule has 0 heterocycles. The zero-order valence-corrected chi connectivity index (χ0v) is 13.6. The largest absolute Gasteiger partial charge is 0.480 e. The molecule has 2 amide bonds. The van der Waals surface area contributed by atoms with E-state index >= 15 is 0 Å². The standard InChI is InChI=1S/C15H26N2O5/c1-9(13(19)20)17-12(18)11-7-5-6-10(11)8-16-14(21)22-15(2,3)4/h9-11H,5-8H2,1-4H3,(H,16,21)(H,17,18)(H,19,20)/t9-,10+,11-/m1/s1. The maximum Gasteiger partial charge on any atom is 0.407 e. The Morgan fingerprint density at radius 2 is 1.91 bits per heavy atom. The molecule has 7 nitrogen and oxygen atoms in total. The SMILES string of the molecule is C[C@@H](NC(=O)[C@@H]1CCC[C@H]1CNC(=O)OC(C)(C)C)C(=O)O. The number of aliphatic carboxylic acids is 1. The third-order valence-electron chi connectivity index (χ3n) is 3.63. The van der Waals surface area contributed by atoms with Crippen LogP contribution in [-0.4, -0.2) is 41.3 Å². The summed E-state index contributed by atoms with van der Waals surface area (Å²) in [5.41, 5.74) is -0.562. The van der Waals surface area contributed by atoms with Crippen LogP contribution >= 0.6 is 0 Å². The van der Waals surface area contributed by atoms with E-state index in [2.05, 4.69) is 10.6 Å². The van der Waals surface area contributed by atoms with Gasteiger partial charge in [0.05, 0.1) is 0 Å². The first kappa shape index (κ1) is 18.3. The summed E-state index contributed by atoms with van der Waals surface area (Å²) in [6.45, 7) is 7.14. The highest BCUT2D eigenvalue weighted by molar-refractivity contribution is 5.85. The molecule has 1 rings (SSSR count). The van der Waals surface area contributed by atoms with Crippen molar-refractivity contribution in [1.82, 2.24) is 10.6 Å². The normalized spacial score (nSPS) is 22.7. The molecule has 0 saturated heterocycles. The van der Waals surface area contributed by atoms with Crippen LogP contribution in [0, 0.1) is 11.8 Å². The quantitative estimate of drug-likeness (QED) is 0.713. The molecule has 0 radical (unpaired) electrons. The van der Waals surface area contributed by atoms with Gasteiger partial charge in [0.2, 0.25) is 5.91 Å². The van der Waals surface area contributed by atoms with Crippen molar-refractivity contribution >= 4 is 18.0 Å². The summed E-state index contributed by atoms with van der Waals surface area (Å²) in [6, 6.07) is -0.910. The number of hydrogen-bond acceptors (Lipinski definition) is 4. The molecule has 22 heavy (non-hydrogen) atoms. The first-order chi connectivity index (χ1) is 10.1. The Balaban J connectivity index is 2.48. The second-order valence-electron chi connectivity index (χ2n) is 6.75. The number of carbonyl (C=O) groups excluding carboxylic acids is 2. The number of amides is 2. The lowest BCUT2D eigenvalue weighted by molar-refractivity contribution is -0.142. The van der Waals surface area contributed by atoms with E-state index in [0.29, 0.717) is 13.0 Å². The maximum absolute atomic E-state index is 12.1. The van der Waals surface area contributed by atoms with E-state index in [4.69, 9.17) is 9.84 Å². The molecule has 0 aliphatic heterocycles. The molecule has 3 N–H and O–H groups in total. The lowest BCUT2D eigenvalue weighted by Crippen LogP contribution is -2.44. The topological polar surface area (TPSA) is 105 Å².